The Hall–Kier alpha value is -2.18. The maximum absolute atomic E-state index is 12.9. The summed E-state index contributed by atoms with van der Waals surface area (Å²) in [5.74, 6) is 0.811. The molecule has 0 aliphatic carbocycles. The van der Waals surface area contributed by atoms with Crippen molar-refractivity contribution in [1.82, 2.24) is 10.4 Å². The van der Waals surface area contributed by atoms with Gasteiger partial charge >= 0.3 is 0 Å². The van der Waals surface area contributed by atoms with Gasteiger partial charge in [0.25, 0.3) is 5.91 Å². The highest BCUT2D eigenvalue weighted by molar-refractivity contribution is 9.10. The minimum atomic E-state index is -0.593. The Morgan fingerprint density at radius 1 is 1.14 bits per heavy atom. The third-order valence-electron chi connectivity index (χ3n) is 5.58. The van der Waals surface area contributed by atoms with Crippen molar-refractivity contribution in [3.63, 3.8) is 0 Å². The molecule has 0 radical (unpaired) electrons. The molecule has 29 heavy (non-hydrogen) atoms. The number of carbonyl (C=O) groups excluding carboxylic acids is 1. The van der Waals surface area contributed by atoms with Gasteiger partial charge in [0.15, 0.2) is 11.6 Å². The van der Waals surface area contributed by atoms with Crippen LogP contribution in [0.15, 0.2) is 58.0 Å². The molecule has 2 aliphatic rings. The second kappa shape index (κ2) is 7.58. The van der Waals surface area contributed by atoms with Gasteiger partial charge < -0.3 is 4.90 Å². The van der Waals surface area contributed by atoms with E-state index in [1.807, 2.05) is 41.3 Å². The zero-order valence-electron chi connectivity index (χ0n) is 17.0. The Morgan fingerprint density at radius 2 is 1.83 bits per heavy atom. The predicted molar refractivity (Wildman–Crippen MR) is 118 cm³/mol. The molecule has 4 rings (SSSR count). The van der Waals surface area contributed by atoms with Crippen LogP contribution in [0.3, 0.4) is 0 Å². The zero-order chi connectivity index (χ0) is 20.6. The number of hydrogen-bond donors (Lipinski definition) is 1. The number of nitrogens with zero attached hydrogens (tertiary/aromatic N) is 2. The van der Waals surface area contributed by atoms with E-state index in [4.69, 9.17) is 9.83 Å². The predicted octanol–water partition coefficient (Wildman–Crippen LogP) is 4.66. The Morgan fingerprint density at radius 3 is 2.45 bits per heavy atom. The molecule has 152 valence electrons. The van der Waals surface area contributed by atoms with E-state index in [9.17, 15) is 4.79 Å². The average molecular weight is 456 g/mol. The lowest BCUT2D eigenvalue weighted by molar-refractivity contribution is -0.0849. The van der Waals surface area contributed by atoms with Crippen LogP contribution in [0.4, 0.5) is 0 Å². The van der Waals surface area contributed by atoms with Crippen molar-refractivity contribution in [3.05, 3.63) is 69.7 Å². The van der Waals surface area contributed by atoms with E-state index in [-0.39, 0.29) is 11.3 Å². The average Bonchev–Trinajstić information content (AvgIpc) is 3.11. The summed E-state index contributed by atoms with van der Waals surface area (Å²) in [6, 6.07) is 15.9. The van der Waals surface area contributed by atoms with Crippen molar-refractivity contribution in [2.24, 2.45) is 4.99 Å². The molecule has 5 nitrogen and oxygen atoms in total. The van der Waals surface area contributed by atoms with E-state index < -0.39 is 5.72 Å². The van der Waals surface area contributed by atoms with Crippen molar-refractivity contribution in [2.45, 2.75) is 44.8 Å². The monoisotopic (exact) mass is 455 g/mol. The van der Waals surface area contributed by atoms with E-state index in [2.05, 4.69) is 54.3 Å². The number of aliphatic imine (C=N–C) groups is 1. The van der Waals surface area contributed by atoms with Gasteiger partial charge in [0, 0.05) is 41.5 Å². The summed E-state index contributed by atoms with van der Waals surface area (Å²) in [7, 11) is 0. The Labute approximate surface area is 180 Å². The second-order valence-electron chi connectivity index (χ2n) is 8.74. The number of nitrogens with one attached hydrogen (secondary N) is 1. The highest BCUT2D eigenvalue weighted by Crippen LogP contribution is 2.32. The van der Waals surface area contributed by atoms with Crippen LogP contribution in [0, 0.1) is 0 Å². The van der Waals surface area contributed by atoms with Crippen LogP contribution in [-0.2, 0) is 10.3 Å². The molecule has 6 heteroatoms. The summed E-state index contributed by atoms with van der Waals surface area (Å²) in [6.45, 7) is 7.76. The lowest BCUT2D eigenvalue weighted by atomic mass is 9.86. The minimum absolute atomic E-state index is 0.0717. The van der Waals surface area contributed by atoms with Crippen molar-refractivity contribution < 1.29 is 9.63 Å². The maximum Gasteiger partial charge on any atom is 0.253 e. The molecule has 2 aromatic rings. The lowest BCUT2D eigenvalue weighted by Gasteiger charge is -2.35. The SMILES string of the molecule is CC(C)(C)c1ccc(C(=O)N2CCC3(CC2)N=C(c2cccc(Br)c2)NO3)cc1. The van der Waals surface area contributed by atoms with Crippen molar-refractivity contribution in [2.75, 3.05) is 13.1 Å². The smallest absolute Gasteiger partial charge is 0.253 e. The molecule has 1 spiro atoms. The van der Waals surface area contributed by atoms with Gasteiger partial charge in [0.05, 0.1) is 0 Å². The molecule has 1 N–H and O–H groups in total. The number of likely N-dealkylation sites (tertiary alicyclic amines) is 1. The first-order valence-electron chi connectivity index (χ1n) is 9.95. The number of halogens is 1. The molecule has 0 atom stereocenters. The summed E-state index contributed by atoms with van der Waals surface area (Å²) in [5, 5.41) is 0. The van der Waals surface area contributed by atoms with Gasteiger partial charge in [-0.3, -0.25) is 4.79 Å². The standard InChI is InChI=1S/C23H26BrN3O2/c1-22(2,3)18-9-7-16(8-10-18)21(28)27-13-11-23(12-14-27)25-20(26-29-23)17-5-4-6-19(24)15-17/h4-10,15H,11-14H2,1-3H3,(H,25,26). The Bertz CT molecular complexity index is 939. The molecular formula is C23H26BrN3O2. The van der Waals surface area contributed by atoms with Crippen LogP contribution in [0.25, 0.3) is 0 Å². The lowest BCUT2D eigenvalue weighted by Crippen LogP contribution is -2.46. The van der Waals surface area contributed by atoms with E-state index in [0.29, 0.717) is 25.9 Å². The van der Waals surface area contributed by atoms with Crippen LogP contribution < -0.4 is 5.48 Å². The van der Waals surface area contributed by atoms with Gasteiger partial charge in [-0.05, 0) is 35.2 Å². The molecule has 0 unspecified atom stereocenters. The highest BCUT2D eigenvalue weighted by atomic mass is 79.9. The van der Waals surface area contributed by atoms with Crippen LogP contribution in [0.5, 0.6) is 0 Å². The fourth-order valence-corrected chi connectivity index (χ4v) is 4.12. The first-order valence-corrected chi connectivity index (χ1v) is 10.7. The molecule has 2 aliphatic heterocycles. The van der Waals surface area contributed by atoms with Gasteiger partial charge in [0.1, 0.15) is 0 Å². The zero-order valence-corrected chi connectivity index (χ0v) is 18.6. The molecule has 1 fully saturated rings. The largest absolute Gasteiger partial charge is 0.338 e. The van der Waals surface area contributed by atoms with E-state index in [0.717, 1.165) is 21.4 Å². The van der Waals surface area contributed by atoms with Crippen molar-refractivity contribution >= 4 is 27.7 Å². The van der Waals surface area contributed by atoms with Gasteiger partial charge in [-0.1, -0.05) is 61.0 Å². The molecule has 0 aromatic heterocycles. The summed E-state index contributed by atoms with van der Waals surface area (Å²) in [5.41, 5.74) is 5.41. The molecule has 1 saturated heterocycles. The second-order valence-corrected chi connectivity index (χ2v) is 9.66. The first-order chi connectivity index (χ1) is 13.8. The molecule has 0 saturated carbocycles. The molecule has 2 aromatic carbocycles. The summed E-state index contributed by atoms with van der Waals surface area (Å²) < 4.78 is 0.998. The van der Waals surface area contributed by atoms with Gasteiger partial charge in [-0.2, -0.15) is 0 Å². The van der Waals surface area contributed by atoms with E-state index in [1.54, 1.807) is 0 Å². The number of carbonyl (C=O) groups is 1. The third-order valence-corrected chi connectivity index (χ3v) is 6.07. The summed E-state index contributed by atoms with van der Waals surface area (Å²) in [6.07, 6.45) is 1.34. The number of piperidine rings is 1. The van der Waals surface area contributed by atoms with Crippen LogP contribution in [0.2, 0.25) is 0 Å². The minimum Gasteiger partial charge on any atom is -0.338 e. The maximum atomic E-state index is 12.9. The first kappa shape index (κ1) is 20.1. The molecular weight excluding hydrogens is 430 g/mol. The number of amides is 1. The molecule has 1 amide bonds. The summed E-state index contributed by atoms with van der Waals surface area (Å²) >= 11 is 3.49. The Kier molecular flexibility index (Phi) is 5.25. The summed E-state index contributed by atoms with van der Waals surface area (Å²) in [4.78, 5) is 25.5. The number of hydroxylamine groups is 1. The van der Waals surface area contributed by atoms with Crippen LogP contribution in [0.1, 0.15) is 55.1 Å². The van der Waals surface area contributed by atoms with Crippen molar-refractivity contribution in [1.29, 1.82) is 0 Å². The fourth-order valence-electron chi connectivity index (χ4n) is 3.72. The van der Waals surface area contributed by atoms with E-state index >= 15 is 0 Å². The highest BCUT2D eigenvalue weighted by Gasteiger charge is 2.41. The third kappa shape index (κ3) is 4.23. The normalized spacial score (nSPS) is 18.5. The van der Waals surface area contributed by atoms with Crippen LogP contribution in [-0.4, -0.2) is 35.5 Å². The molecule has 2 heterocycles. The van der Waals surface area contributed by atoms with Gasteiger partial charge in [-0.25, -0.2) is 15.3 Å². The number of amidine groups is 1. The fraction of sp³-hybridized carbons (Fsp3) is 0.391. The van der Waals surface area contributed by atoms with E-state index in [1.165, 1.54) is 5.56 Å². The Balaban J connectivity index is 1.42. The van der Waals surface area contributed by atoms with Crippen LogP contribution >= 0.6 is 15.9 Å². The quantitative estimate of drug-likeness (QED) is 0.715. The number of hydrogen-bond acceptors (Lipinski definition) is 4. The number of benzene rings is 2. The van der Waals surface area contributed by atoms with Gasteiger partial charge in [0.2, 0.25) is 0 Å². The van der Waals surface area contributed by atoms with Crippen molar-refractivity contribution in [3.8, 4) is 0 Å². The number of rotatable bonds is 2. The topological polar surface area (TPSA) is 53.9 Å². The van der Waals surface area contributed by atoms with Gasteiger partial charge in [-0.15, -0.1) is 0 Å². The molecule has 0 bridgehead atoms.